The van der Waals surface area contributed by atoms with Crippen LogP contribution in [0.4, 0.5) is 13.2 Å². The second kappa shape index (κ2) is 6.40. The van der Waals surface area contributed by atoms with Gasteiger partial charge < -0.3 is 5.32 Å². The zero-order chi connectivity index (χ0) is 16.1. The van der Waals surface area contributed by atoms with Crippen LogP contribution in [-0.4, -0.2) is 38.9 Å². The van der Waals surface area contributed by atoms with Crippen molar-refractivity contribution >= 4 is 34.0 Å². The lowest BCUT2D eigenvalue weighted by molar-refractivity contribution is -0.137. The highest BCUT2D eigenvalue weighted by atomic mass is 35.5. The summed E-state index contributed by atoms with van der Waals surface area (Å²) in [6.45, 7) is 2.08. The van der Waals surface area contributed by atoms with Crippen molar-refractivity contribution in [2.75, 3.05) is 26.2 Å². The van der Waals surface area contributed by atoms with E-state index in [0.29, 0.717) is 19.2 Å². The summed E-state index contributed by atoms with van der Waals surface area (Å²) < 4.78 is 64.9. The Morgan fingerprint density at radius 1 is 1.17 bits per heavy atom. The number of alkyl halides is 3. The fourth-order valence-corrected chi connectivity index (χ4v) is 5.08. The van der Waals surface area contributed by atoms with E-state index in [1.807, 2.05) is 0 Å². The number of hydrogen-bond acceptors (Lipinski definition) is 3. The number of sulfonamides is 1. The predicted molar refractivity (Wildman–Crippen MR) is 82.3 cm³/mol. The molecular weight excluding hydrogens is 376 g/mol. The molecular formula is C13H15Cl2F3N2O2S. The van der Waals surface area contributed by atoms with Gasteiger partial charge in [-0.15, -0.1) is 12.4 Å². The Morgan fingerprint density at radius 2 is 1.74 bits per heavy atom. The molecule has 23 heavy (non-hydrogen) atoms. The molecule has 0 unspecified atom stereocenters. The molecule has 4 nitrogen and oxygen atoms in total. The topological polar surface area (TPSA) is 49.4 Å². The van der Waals surface area contributed by atoms with Crippen molar-refractivity contribution in [2.24, 2.45) is 11.8 Å². The van der Waals surface area contributed by atoms with Crippen molar-refractivity contribution in [3.63, 3.8) is 0 Å². The average Bonchev–Trinajstić information content (AvgIpc) is 2.98. The van der Waals surface area contributed by atoms with E-state index < -0.39 is 26.7 Å². The van der Waals surface area contributed by atoms with Crippen LogP contribution in [0, 0.1) is 11.8 Å². The Balaban J connectivity index is 0.00000192. The smallest absolute Gasteiger partial charge is 0.316 e. The third-order valence-corrected chi connectivity index (χ3v) is 6.55. The Labute approximate surface area is 143 Å². The van der Waals surface area contributed by atoms with Gasteiger partial charge in [0.05, 0.1) is 10.6 Å². The van der Waals surface area contributed by atoms with E-state index in [-0.39, 0.29) is 29.3 Å². The summed E-state index contributed by atoms with van der Waals surface area (Å²) in [7, 11) is -4.02. The summed E-state index contributed by atoms with van der Waals surface area (Å²) in [5.41, 5.74) is -1.02. The lowest BCUT2D eigenvalue weighted by Crippen LogP contribution is -2.32. The van der Waals surface area contributed by atoms with Gasteiger partial charge in [-0.05, 0) is 43.1 Å². The van der Waals surface area contributed by atoms with E-state index in [4.69, 9.17) is 11.6 Å². The number of nitrogens with zero attached hydrogens (tertiary/aromatic N) is 1. The summed E-state index contributed by atoms with van der Waals surface area (Å²) in [4.78, 5) is -0.475. The normalized spacial score (nSPS) is 25.2. The largest absolute Gasteiger partial charge is 0.416 e. The third-order valence-electron chi connectivity index (χ3n) is 4.23. The fraction of sp³-hybridized carbons (Fsp3) is 0.538. The molecule has 1 aromatic rings. The molecule has 2 atom stereocenters. The van der Waals surface area contributed by atoms with E-state index in [0.717, 1.165) is 25.2 Å². The van der Waals surface area contributed by atoms with Crippen molar-refractivity contribution in [2.45, 2.75) is 11.1 Å². The summed E-state index contributed by atoms with van der Waals surface area (Å²) in [5, 5.41) is 2.99. The molecule has 1 aromatic carbocycles. The van der Waals surface area contributed by atoms with E-state index in [1.54, 1.807) is 0 Å². The van der Waals surface area contributed by atoms with Crippen molar-refractivity contribution in [1.82, 2.24) is 9.62 Å². The van der Waals surface area contributed by atoms with Gasteiger partial charge in [-0.1, -0.05) is 11.6 Å². The molecule has 2 aliphatic heterocycles. The Morgan fingerprint density at radius 3 is 2.26 bits per heavy atom. The summed E-state index contributed by atoms with van der Waals surface area (Å²) in [5.74, 6) is 0.415. The number of nitrogens with one attached hydrogen (secondary N) is 1. The third kappa shape index (κ3) is 3.46. The summed E-state index contributed by atoms with van der Waals surface area (Å²) in [6.07, 6.45) is -4.61. The van der Waals surface area contributed by atoms with Gasteiger partial charge in [0.2, 0.25) is 10.0 Å². The number of benzene rings is 1. The number of halogens is 5. The number of fused-ring (bicyclic) bond motifs is 1. The molecule has 130 valence electrons. The molecule has 1 N–H and O–H groups in total. The maximum Gasteiger partial charge on any atom is 0.416 e. The van der Waals surface area contributed by atoms with Gasteiger partial charge in [0, 0.05) is 13.1 Å². The van der Waals surface area contributed by atoms with Gasteiger partial charge in [0.1, 0.15) is 4.90 Å². The standard InChI is InChI=1S/C13H14ClF3N2O2S.ClH/c14-11-2-1-10(13(15,16)17)3-12(11)22(20,21)19-6-8-4-18-5-9(8)7-19;/h1-3,8-9,18H,4-7H2;1H/t8-,9+;. The first-order valence-electron chi connectivity index (χ1n) is 6.77. The molecule has 2 saturated heterocycles. The van der Waals surface area contributed by atoms with E-state index in [1.165, 1.54) is 4.31 Å². The molecule has 2 heterocycles. The van der Waals surface area contributed by atoms with Crippen molar-refractivity contribution in [1.29, 1.82) is 0 Å². The van der Waals surface area contributed by atoms with E-state index in [9.17, 15) is 21.6 Å². The maximum absolute atomic E-state index is 12.8. The second-order valence-corrected chi connectivity index (χ2v) is 7.96. The molecule has 2 aliphatic rings. The van der Waals surface area contributed by atoms with Crippen molar-refractivity contribution in [3.05, 3.63) is 28.8 Å². The van der Waals surface area contributed by atoms with Gasteiger partial charge in [-0.3, -0.25) is 0 Å². The highest BCUT2D eigenvalue weighted by Crippen LogP contribution is 2.36. The highest BCUT2D eigenvalue weighted by Gasteiger charge is 2.42. The average molecular weight is 391 g/mol. The second-order valence-electron chi connectivity index (χ2n) is 5.64. The monoisotopic (exact) mass is 390 g/mol. The molecule has 10 heteroatoms. The Bertz CT molecular complexity index is 685. The Kier molecular flexibility index (Phi) is 5.23. The van der Waals surface area contributed by atoms with Crippen molar-refractivity contribution in [3.8, 4) is 0 Å². The molecule has 0 amide bonds. The maximum atomic E-state index is 12.8. The van der Waals surface area contributed by atoms with Gasteiger partial charge >= 0.3 is 6.18 Å². The number of rotatable bonds is 2. The van der Waals surface area contributed by atoms with Crippen LogP contribution in [0.15, 0.2) is 23.1 Å². The van der Waals surface area contributed by atoms with Gasteiger partial charge in [0.25, 0.3) is 0 Å². The summed E-state index contributed by atoms with van der Waals surface area (Å²) >= 11 is 5.84. The van der Waals surface area contributed by atoms with Crippen LogP contribution >= 0.6 is 24.0 Å². The van der Waals surface area contributed by atoms with Crippen LogP contribution in [0.3, 0.4) is 0 Å². The molecule has 3 rings (SSSR count). The van der Waals surface area contributed by atoms with Gasteiger partial charge in [-0.25, -0.2) is 8.42 Å². The lowest BCUT2D eigenvalue weighted by atomic mass is 10.0. The van der Waals surface area contributed by atoms with Gasteiger partial charge in [0.15, 0.2) is 0 Å². The molecule has 0 saturated carbocycles. The molecule has 2 fully saturated rings. The SMILES string of the molecule is Cl.O=S(=O)(c1cc(C(F)(F)F)ccc1Cl)N1C[C@H]2CNC[C@H]2C1. The summed E-state index contributed by atoms with van der Waals surface area (Å²) in [6, 6.07) is 2.38. The van der Waals surface area contributed by atoms with Crippen LogP contribution < -0.4 is 5.32 Å². The van der Waals surface area contributed by atoms with Crippen molar-refractivity contribution < 1.29 is 21.6 Å². The first-order valence-corrected chi connectivity index (χ1v) is 8.59. The molecule has 0 spiro atoms. The predicted octanol–water partition coefficient (Wildman–Crippen LogP) is 2.62. The minimum atomic E-state index is -4.61. The zero-order valence-corrected chi connectivity index (χ0v) is 14.2. The first-order chi connectivity index (χ1) is 10.2. The number of hydrogen-bond donors (Lipinski definition) is 1. The zero-order valence-electron chi connectivity index (χ0n) is 11.8. The van der Waals surface area contributed by atoms with Crippen LogP contribution in [0.1, 0.15) is 5.56 Å². The molecule has 0 bridgehead atoms. The van der Waals surface area contributed by atoms with Crippen LogP contribution in [0.2, 0.25) is 5.02 Å². The van der Waals surface area contributed by atoms with E-state index in [2.05, 4.69) is 5.32 Å². The molecule has 0 radical (unpaired) electrons. The van der Waals surface area contributed by atoms with E-state index >= 15 is 0 Å². The van der Waals surface area contributed by atoms with Crippen LogP contribution in [-0.2, 0) is 16.2 Å². The van der Waals surface area contributed by atoms with Crippen LogP contribution in [0.5, 0.6) is 0 Å². The highest BCUT2D eigenvalue weighted by molar-refractivity contribution is 7.89. The first kappa shape index (κ1) is 18.8. The van der Waals surface area contributed by atoms with Gasteiger partial charge in [-0.2, -0.15) is 17.5 Å². The minimum Gasteiger partial charge on any atom is -0.316 e. The minimum absolute atomic E-state index is 0. The molecule has 0 aliphatic carbocycles. The Hall–Kier alpha value is -0.540. The molecule has 0 aromatic heterocycles. The lowest BCUT2D eigenvalue weighted by Gasteiger charge is -2.19. The fourth-order valence-electron chi connectivity index (χ4n) is 3.03. The quantitative estimate of drug-likeness (QED) is 0.844. The van der Waals surface area contributed by atoms with Crippen LogP contribution in [0.25, 0.3) is 0 Å².